The number of ether oxygens (including phenoxy) is 1. The van der Waals surface area contributed by atoms with Gasteiger partial charge in [0.25, 0.3) is 0 Å². The highest BCUT2D eigenvalue weighted by Gasteiger charge is 2.20. The fourth-order valence-electron chi connectivity index (χ4n) is 1.55. The van der Waals surface area contributed by atoms with Gasteiger partial charge >= 0.3 is 0 Å². The topological polar surface area (TPSA) is 55.2 Å². The van der Waals surface area contributed by atoms with E-state index >= 15 is 0 Å². The van der Waals surface area contributed by atoms with Crippen molar-refractivity contribution >= 4 is 23.1 Å². The van der Waals surface area contributed by atoms with Crippen LogP contribution in [0.1, 0.15) is 22.2 Å². The van der Waals surface area contributed by atoms with Crippen LogP contribution in [-0.4, -0.2) is 21.8 Å². The maximum absolute atomic E-state index is 10.3. The number of halogens is 1. The normalized spacial score (nSPS) is 12.5. The van der Waals surface area contributed by atoms with E-state index in [1.807, 2.05) is 0 Å². The summed E-state index contributed by atoms with van der Waals surface area (Å²) in [6, 6.07) is 5.13. The van der Waals surface area contributed by atoms with E-state index < -0.39 is 6.10 Å². The zero-order valence-electron chi connectivity index (χ0n) is 9.35. The molecule has 0 aliphatic heterocycles. The van der Waals surface area contributed by atoms with Crippen LogP contribution < -0.4 is 4.74 Å². The fourth-order valence-corrected chi connectivity index (χ4v) is 2.38. The number of nitrogens with zero attached hydrogens (tertiary/aromatic N) is 2. The Bertz CT molecular complexity index is 530. The Morgan fingerprint density at radius 2 is 2.24 bits per heavy atom. The van der Waals surface area contributed by atoms with Crippen LogP contribution in [0, 0.1) is 6.92 Å². The van der Waals surface area contributed by atoms with Gasteiger partial charge < -0.3 is 9.84 Å². The van der Waals surface area contributed by atoms with Crippen molar-refractivity contribution in [3.8, 4) is 5.75 Å². The molecule has 0 aliphatic carbocycles. The summed E-state index contributed by atoms with van der Waals surface area (Å²) in [6.07, 6.45) is -0.816. The van der Waals surface area contributed by atoms with Crippen LogP contribution in [0.2, 0.25) is 5.02 Å². The molecule has 0 spiro atoms. The van der Waals surface area contributed by atoms with Gasteiger partial charge in [0, 0.05) is 10.6 Å². The Balaban J connectivity index is 2.46. The first-order valence-corrected chi connectivity index (χ1v) is 6.09. The molecule has 0 aliphatic rings. The summed E-state index contributed by atoms with van der Waals surface area (Å²) in [5.41, 5.74) is 1.33. The van der Waals surface area contributed by atoms with Gasteiger partial charge in [-0.3, -0.25) is 0 Å². The van der Waals surface area contributed by atoms with Crippen LogP contribution in [-0.2, 0) is 0 Å². The lowest BCUT2D eigenvalue weighted by molar-refractivity contribution is 0.217. The standard InChI is InChI=1S/C11H11ClN2O2S/c1-6-11(17-14-13-6)10(15)8-5-7(12)3-4-9(8)16-2/h3-5,10,15H,1-2H3. The van der Waals surface area contributed by atoms with Gasteiger partial charge in [-0.1, -0.05) is 16.1 Å². The molecule has 1 heterocycles. The summed E-state index contributed by atoms with van der Waals surface area (Å²) >= 11 is 7.09. The molecule has 0 bridgehead atoms. The van der Waals surface area contributed by atoms with Crippen LogP contribution in [0.4, 0.5) is 0 Å². The van der Waals surface area contributed by atoms with E-state index in [1.165, 1.54) is 11.5 Å². The van der Waals surface area contributed by atoms with E-state index in [9.17, 15) is 5.11 Å². The Kier molecular flexibility index (Phi) is 3.61. The zero-order chi connectivity index (χ0) is 12.4. The second-order valence-corrected chi connectivity index (χ2v) is 4.73. The smallest absolute Gasteiger partial charge is 0.125 e. The van der Waals surface area contributed by atoms with E-state index in [2.05, 4.69) is 9.59 Å². The Hall–Kier alpha value is -1.17. The highest BCUT2D eigenvalue weighted by Crippen LogP contribution is 2.34. The minimum atomic E-state index is -0.816. The third kappa shape index (κ3) is 2.41. The number of rotatable bonds is 3. The number of aryl methyl sites for hydroxylation is 1. The Morgan fingerprint density at radius 1 is 1.47 bits per heavy atom. The molecule has 1 aromatic heterocycles. The lowest BCUT2D eigenvalue weighted by atomic mass is 10.1. The van der Waals surface area contributed by atoms with Crippen LogP contribution in [0.5, 0.6) is 5.75 Å². The Morgan fingerprint density at radius 3 is 2.82 bits per heavy atom. The molecular weight excluding hydrogens is 260 g/mol. The van der Waals surface area contributed by atoms with E-state index in [-0.39, 0.29) is 0 Å². The molecule has 4 nitrogen and oxygen atoms in total. The van der Waals surface area contributed by atoms with Crippen LogP contribution in [0.25, 0.3) is 0 Å². The molecule has 0 saturated heterocycles. The first kappa shape index (κ1) is 12.3. The van der Waals surface area contributed by atoms with E-state index in [1.54, 1.807) is 32.2 Å². The second kappa shape index (κ2) is 5.00. The molecule has 17 heavy (non-hydrogen) atoms. The molecule has 2 rings (SSSR count). The molecule has 1 N–H and O–H groups in total. The quantitative estimate of drug-likeness (QED) is 0.931. The summed E-state index contributed by atoms with van der Waals surface area (Å²) < 4.78 is 9.01. The molecule has 0 amide bonds. The van der Waals surface area contributed by atoms with Gasteiger partial charge in [-0.05, 0) is 36.7 Å². The molecule has 0 saturated carbocycles. The average molecular weight is 271 g/mol. The lowest BCUT2D eigenvalue weighted by Gasteiger charge is -2.13. The van der Waals surface area contributed by atoms with Crippen LogP contribution >= 0.6 is 23.1 Å². The number of aliphatic hydroxyl groups is 1. The van der Waals surface area contributed by atoms with Crippen molar-refractivity contribution in [2.24, 2.45) is 0 Å². The first-order chi connectivity index (χ1) is 8.13. The van der Waals surface area contributed by atoms with Crippen LogP contribution in [0.15, 0.2) is 18.2 Å². The minimum Gasteiger partial charge on any atom is -0.496 e. The van der Waals surface area contributed by atoms with Crippen molar-refractivity contribution in [2.75, 3.05) is 7.11 Å². The summed E-state index contributed by atoms with van der Waals surface area (Å²) in [4.78, 5) is 0.700. The summed E-state index contributed by atoms with van der Waals surface area (Å²) in [5.74, 6) is 0.592. The molecule has 1 atom stereocenters. The Labute approximate surface area is 108 Å². The summed E-state index contributed by atoms with van der Waals surface area (Å²) in [5, 5.41) is 14.7. The molecule has 0 fully saturated rings. The van der Waals surface area contributed by atoms with Gasteiger partial charge in [-0.25, -0.2) is 0 Å². The molecule has 0 radical (unpaired) electrons. The van der Waals surface area contributed by atoms with Gasteiger partial charge in [0.1, 0.15) is 11.9 Å². The fraction of sp³-hybridized carbons (Fsp3) is 0.273. The number of hydrogen-bond acceptors (Lipinski definition) is 5. The highest BCUT2D eigenvalue weighted by atomic mass is 35.5. The predicted molar refractivity (Wildman–Crippen MR) is 66.7 cm³/mol. The highest BCUT2D eigenvalue weighted by molar-refractivity contribution is 7.05. The maximum Gasteiger partial charge on any atom is 0.125 e. The lowest BCUT2D eigenvalue weighted by Crippen LogP contribution is -2.02. The molecule has 1 unspecified atom stereocenters. The monoisotopic (exact) mass is 270 g/mol. The molecule has 6 heteroatoms. The second-order valence-electron chi connectivity index (χ2n) is 3.51. The first-order valence-electron chi connectivity index (χ1n) is 4.94. The van der Waals surface area contributed by atoms with E-state index in [0.29, 0.717) is 26.9 Å². The number of methoxy groups -OCH3 is 1. The van der Waals surface area contributed by atoms with E-state index in [4.69, 9.17) is 16.3 Å². The van der Waals surface area contributed by atoms with Crippen molar-refractivity contribution in [2.45, 2.75) is 13.0 Å². The SMILES string of the molecule is COc1ccc(Cl)cc1C(O)c1snnc1C. The maximum atomic E-state index is 10.3. The largest absolute Gasteiger partial charge is 0.496 e. The van der Waals surface area contributed by atoms with Crippen molar-refractivity contribution in [3.05, 3.63) is 39.4 Å². The molecule has 90 valence electrons. The third-order valence-corrected chi connectivity index (χ3v) is 3.54. The van der Waals surface area contributed by atoms with Crippen molar-refractivity contribution in [1.82, 2.24) is 9.59 Å². The number of benzene rings is 1. The molecule has 2 aromatic rings. The van der Waals surface area contributed by atoms with Gasteiger partial charge in [0.2, 0.25) is 0 Å². The van der Waals surface area contributed by atoms with Gasteiger partial charge in [-0.15, -0.1) is 5.10 Å². The number of aliphatic hydroxyl groups excluding tert-OH is 1. The van der Waals surface area contributed by atoms with Gasteiger partial charge in [-0.2, -0.15) is 0 Å². The minimum absolute atomic E-state index is 0.551. The summed E-state index contributed by atoms with van der Waals surface area (Å²) in [7, 11) is 1.55. The number of aromatic nitrogens is 2. The van der Waals surface area contributed by atoms with Gasteiger partial charge in [0.05, 0.1) is 17.7 Å². The molecular formula is C11H11ClN2O2S. The zero-order valence-corrected chi connectivity index (χ0v) is 10.9. The summed E-state index contributed by atoms with van der Waals surface area (Å²) in [6.45, 7) is 1.80. The van der Waals surface area contributed by atoms with Crippen molar-refractivity contribution in [1.29, 1.82) is 0 Å². The van der Waals surface area contributed by atoms with E-state index in [0.717, 1.165) is 0 Å². The third-order valence-electron chi connectivity index (χ3n) is 2.42. The van der Waals surface area contributed by atoms with Crippen molar-refractivity contribution < 1.29 is 9.84 Å². The average Bonchev–Trinajstić information content (AvgIpc) is 2.74. The van der Waals surface area contributed by atoms with Crippen molar-refractivity contribution in [3.63, 3.8) is 0 Å². The number of hydrogen-bond donors (Lipinski definition) is 1. The van der Waals surface area contributed by atoms with Gasteiger partial charge in [0.15, 0.2) is 0 Å². The predicted octanol–water partition coefficient (Wildman–Crippen LogP) is 2.59. The molecule has 1 aromatic carbocycles. The van der Waals surface area contributed by atoms with Crippen LogP contribution in [0.3, 0.4) is 0 Å².